The summed E-state index contributed by atoms with van der Waals surface area (Å²) in [4.78, 5) is 26.6. The number of hydrogen-bond donors (Lipinski definition) is 1. The van der Waals surface area contributed by atoms with Crippen LogP contribution in [-0.4, -0.2) is 18.4 Å². The molecule has 2 unspecified atom stereocenters. The summed E-state index contributed by atoms with van der Waals surface area (Å²) >= 11 is 0. The summed E-state index contributed by atoms with van der Waals surface area (Å²) in [7, 11) is 0. The molecule has 5 heteroatoms. The summed E-state index contributed by atoms with van der Waals surface area (Å²) in [5.41, 5.74) is 0.973. The Kier molecular flexibility index (Phi) is 4.60. The number of para-hydroxylation sites is 2. The van der Waals surface area contributed by atoms with Crippen molar-refractivity contribution in [3.63, 3.8) is 0 Å². The van der Waals surface area contributed by atoms with E-state index < -0.39 is 11.7 Å². The van der Waals surface area contributed by atoms with E-state index in [2.05, 4.69) is 5.32 Å². The fourth-order valence-electron chi connectivity index (χ4n) is 2.82. The Morgan fingerprint density at radius 3 is 2.42 bits per heavy atom. The van der Waals surface area contributed by atoms with Crippen LogP contribution in [0.15, 0.2) is 54.6 Å². The van der Waals surface area contributed by atoms with Crippen LogP contribution in [-0.2, 0) is 9.59 Å². The van der Waals surface area contributed by atoms with E-state index in [9.17, 15) is 14.0 Å². The normalized spacial score (nSPS) is 18.8. The molecule has 1 saturated carbocycles. The van der Waals surface area contributed by atoms with Crippen LogP contribution < -0.4 is 10.2 Å². The molecule has 4 nitrogen and oxygen atoms in total. The van der Waals surface area contributed by atoms with Crippen LogP contribution in [0.5, 0.6) is 0 Å². The lowest BCUT2D eigenvalue weighted by molar-refractivity contribution is -0.123. The molecule has 1 fully saturated rings. The Hall–Kier alpha value is -2.69. The Bertz CT molecular complexity index is 748. The predicted molar refractivity (Wildman–Crippen MR) is 91.1 cm³/mol. The highest BCUT2D eigenvalue weighted by molar-refractivity contribution is 6.04. The maximum absolute atomic E-state index is 13.6. The number of rotatable bonds is 5. The lowest BCUT2D eigenvalue weighted by atomic mass is 10.2. The smallest absolute Gasteiger partial charge is 0.230 e. The molecule has 124 valence electrons. The van der Waals surface area contributed by atoms with Crippen molar-refractivity contribution in [2.45, 2.75) is 13.3 Å². The van der Waals surface area contributed by atoms with Gasteiger partial charge >= 0.3 is 0 Å². The molecule has 1 N–H and O–H groups in total. The number of halogens is 1. The van der Waals surface area contributed by atoms with Crippen molar-refractivity contribution in [3.05, 3.63) is 60.4 Å². The van der Waals surface area contributed by atoms with Gasteiger partial charge in [0.25, 0.3) is 0 Å². The fourth-order valence-corrected chi connectivity index (χ4v) is 2.82. The van der Waals surface area contributed by atoms with Gasteiger partial charge in [0.1, 0.15) is 5.82 Å². The Balaban J connectivity index is 1.65. The van der Waals surface area contributed by atoms with E-state index in [0.717, 1.165) is 5.69 Å². The number of amides is 2. The third-order valence-electron chi connectivity index (χ3n) is 4.23. The fraction of sp³-hybridized carbons (Fsp3) is 0.263. The molecule has 2 atom stereocenters. The van der Waals surface area contributed by atoms with Crippen molar-refractivity contribution < 1.29 is 14.0 Å². The van der Waals surface area contributed by atoms with Gasteiger partial charge in [0.05, 0.1) is 17.5 Å². The number of anilines is 2. The highest BCUT2D eigenvalue weighted by Gasteiger charge is 2.49. The van der Waals surface area contributed by atoms with Gasteiger partial charge in [0, 0.05) is 12.2 Å². The van der Waals surface area contributed by atoms with Gasteiger partial charge < -0.3 is 10.2 Å². The van der Waals surface area contributed by atoms with Gasteiger partial charge in [-0.05, 0) is 37.6 Å². The third-order valence-corrected chi connectivity index (χ3v) is 4.23. The van der Waals surface area contributed by atoms with E-state index in [-0.39, 0.29) is 23.4 Å². The topological polar surface area (TPSA) is 49.4 Å². The van der Waals surface area contributed by atoms with Crippen LogP contribution in [0, 0.1) is 17.7 Å². The van der Waals surface area contributed by atoms with Crippen molar-refractivity contribution in [1.29, 1.82) is 0 Å². The van der Waals surface area contributed by atoms with Gasteiger partial charge in [-0.25, -0.2) is 4.39 Å². The van der Waals surface area contributed by atoms with Crippen molar-refractivity contribution in [2.24, 2.45) is 11.8 Å². The van der Waals surface area contributed by atoms with E-state index in [1.807, 2.05) is 37.3 Å². The zero-order valence-corrected chi connectivity index (χ0v) is 13.4. The molecule has 24 heavy (non-hydrogen) atoms. The minimum atomic E-state index is -0.478. The summed E-state index contributed by atoms with van der Waals surface area (Å²) in [5, 5.41) is 2.57. The Labute approximate surface area is 140 Å². The van der Waals surface area contributed by atoms with E-state index in [4.69, 9.17) is 0 Å². The second kappa shape index (κ2) is 6.83. The van der Waals surface area contributed by atoms with E-state index in [1.54, 1.807) is 17.0 Å². The lowest BCUT2D eigenvalue weighted by Crippen LogP contribution is -2.33. The average Bonchev–Trinajstić information content (AvgIpc) is 3.39. The summed E-state index contributed by atoms with van der Waals surface area (Å²) in [6.45, 7) is 2.45. The number of carbonyl (C=O) groups excluding carboxylic acids is 2. The summed E-state index contributed by atoms with van der Waals surface area (Å²) in [6, 6.07) is 15.4. The maximum atomic E-state index is 13.6. The van der Waals surface area contributed by atoms with Gasteiger partial charge in [0.2, 0.25) is 11.8 Å². The van der Waals surface area contributed by atoms with Crippen molar-refractivity contribution >= 4 is 23.2 Å². The quantitative estimate of drug-likeness (QED) is 0.915. The molecule has 0 radical (unpaired) electrons. The monoisotopic (exact) mass is 326 g/mol. The van der Waals surface area contributed by atoms with Crippen molar-refractivity contribution in [3.8, 4) is 0 Å². The molecule has 3 rings (SSSR count). The van der Waals surface area contributed by atoms with Crippen LogP contribution >= 0.6 is 0 Å². The van der Waals surface area contributed by atoms with Crippen LogP contribution in [0.4, 0.5) is 15.8 Å². The Morgan fingerprint density at radius 1 is 1.08 bits per heavy atom. The predicted octanol–water partition coefficient (Wildman–Crippen LogP) is 3.45. The molecule has 1 aliphatic rings. The first-order valence-corrected chi connectivity index (χ1v) is 8.03. The molecule has 0 bridgehead atoms. The molecule has 2 aromatic carbocycles. The SMILES string of the molecule is CCN(C(=O)C1CC1C(=O)Nc1ccccc1F)c1ccccc1. The molecule has 0 saturated heterocycles. The minimum Gasteiger partial charge on any atom is -0.323 e. The van der Waals surface area contributed by atoms with Crippen LogP contribution in [0.2, 0.25) is 0 Å². The van der Waals surface area contributed by atoms with E-state index in [0.29, 0.717) is 13.0 Å². The van der Waals surface area contributed by atoms with Crippen LogP contribution in [0.3, 0.4) is 0 Å². The zero-order valence-electron chi connectivity index (χ0n) is 13.4. The van der Waals surface area contributed by atoms with Crippen LogP contribution in [0.1, 0.15) is 13.3 Å². The maximum Gasteiger partial charge on any atom is 0.230 e. The number of nitrogens with one attached hydrogen (secondary N) is 1. The number of hydrogen-bond acceptors (Lipinski definition) is 2. The molecule has 0 aliphatic heterocycles. The standard InChI is InChI=1S/C19H19FN2O2/c1-2-22(13-8-4-3-5-9-13)19(24)15-12-14(15)18(23)21-17-11-7-6-10-16(17)20/h3-11,14-15H,2,12H2,1H3,(H,21,23). The van der Waals surface area contributed by atoms with Gasteiger partial charge in [-0.15, -0.1) is 0 Å². The number of carbonyl (C=O) groups is 2. The first-order chi connectivity index (χ1) is 11.6. The minimum absolute atomic E-state index is 0.0580. The number of benzene rings is 2. The highest BCUT2D eigenvalue weighted by Crippen LogP contribution is 2.41. The second-order valence-electron chi connectivity index (χ2n) is 5.84. The summed E-state index contributed by atoms with van der Waals surface area (Å²) in [6.07, 6.45) is 0.502. The van der Waals surface area contributed by atoms with Gasteiger partial charge in [-0.3, -0.25) is 9.59 Å². The Morgan fingerprint density at radius 2 is 1.75 bits per heavy atom. The summed E-state index contributed by atoms with van der Waals surface area (Å²) in [5.74, 6) is -1.57. The number of nitrogens with zero attached hydrogens (tertiary/aromatic N) is 1. The molecule has 0 heterocycles. The van der Waals surface area contributed by atoms with Crippen molar-refractivity contribution in [2.75, 3.05) is 16.8 Å². The first kappa shape index (κ1) is 16.2. The zero-order chi connectivity index (χ0) is 17.1. The van der Waals surface area contributed by atoms with Crippen LogP contribution in [0.25, 0.3) is 0 Å². The average molecular weight is 326 g/mol. The van der Waals surface area contributed by atoms with Gasteiger partial charge in [0.15, 0.2) is 0 Å². The molecular formula is C19H19FN2O2. The van der Waals surface area contributed by atoms with E-state index in [1.165, 1.54) is 12.1 Å². The first-order valence-electron chi connectivity index (χ1n) is 8.03. The largest absolute Gasteiger partial charge is 0.323 e. The van der Waals surface area contributed by atoms with Gasteiger partial charge in [-0.1, -0.05) is 30.3 Å². The summed E-state index contributed by atoms with van der Waals surface area (Å²) < 4.78 is 13.6. The molecule has 1 aliphatic carbocycles. The van der Waals surface area contributed by atoms with Gasteiger partial charge in [-0.2, -0.15) is 0 Å². The lowest BCUT2D eigenvalue weighted by Gasteiger charge is -2.21. The molecule has 2 aromatic rings. The molecule has 0 spiro atoms. The second-order valence-corrected chi connectivity index (χ2v) is 5.84. The van der Waals surface area contributed by atoms with Crippen molar-refractivity contribution in [1.82, 2.24) is 0 Å². The molecule has 2 amide bonds. The van der Waals surface area contributed by atoms with E-state index >= 15 is 0 Å². The molecule has 0 aromatic heterocycles. The third kappa shape index (κ3) is 3.30. The highest BCUT2D eigenvalue weighted by atomic mass is 19.1. The molecular weight excluding hydrogens is 307 g/mol.